The zero-order valence-electron chi connectivity index (χ0n) is 10.3. The number of likely N-dealkylation sites (N-methyl/N-ethyl adjacent to an activating group) is 1. The minimum Gasteiger partial charge on any atom is -0.341 e. The van der Waals surface area contributed by atoms with Crippen LogP contribution < -0.4 is 5.73 Å². The summed E-state index contributed by atoms with van der Waals surface area (Å²) in [6.07, 6.45) is 4.28. The van der Waals surface area contributed by atoms with Crippen molar-refractivity contribution >= 4 is 5.91 Å². The van der Waals surface area contributed by atoms with Crippen LogP contribution in [0.25, 0.3) is 0 Å². The molecule has 1 unspecified atom stereocenters. The number of rotatable bonds is 6. The predicted octanol–water partition coefficient (Wildman–Crippen LogP) is 1.76. The maximum absolute atomic E-state index is 12.2. The second kappa shape index (κ2) is 4.97. The molecule has 0 spiro atoms. The van der Waals surface area contributed by atoms with E-state index in [9.17, 15) is 4.79 Å². The third kappa shape index (κ3) is 3.49. The Morgan fingerprint density at radius 1 is 1.47 bits per heavy atom. The number of hydrogen-bond acceptors (Lipinski definition) is 2. The summed E-state index contributed by atoms with van der Waals surface area (Å²) >= 11 is 0. The van der Waals surface area contributed by atoms with Crippen molar-refractivity contribution in [3.05, 3.63) is 0 Å². The van der Waals surface area contributed by atoms with Gasteiger partial charge >= 0.3 is 0 Å². The quantitative estimate of drug-likeness (QED) is 0.729. The standard InChI is InChI=1S/C12H24N2O/c1-4-8-12(3,13)11(15)14(5-2)9-10-6-7-10/h10H,4-9,13H2,1-3H3. The molecule has 0 aliphatic heterocycles. The highest BCUT2D eigenvalue weighted by molar-refractivity contribution is 5.85. The van der Waals surface area contributed by atoms with E-state index in [-0.39, 0.29) is 5.91 Å². The first-order valence-electron chi connectivity index (χ1n) is 6.09. The molecular formula is C12H24N2O. The summed E-state index contributed by atoms with van der Waals surface area (Å²) in [5.41, 5.74) is 5.39. The molecule has 0 radical (unpaired) electrons. The van der Waals surface area contributed by atoms with E-state index >= 15 is 0 Å². The first kappa shape index (κ1) is 12.5. The Hall–Kier alpha value is -0.570. The lowest BCUT2D eigenvalue weighted by Crippen LogP contribution is -2.53. The topological polar surface area (TPSA) is 46.3 Å². The molecule has 2 N–H and O–H groups in total. The maximum atomic E-state index is 12.2. The number of carbonyl (C=O) groups excluding carboxylic acids is 1. The van der Waals surface area contributed by atoms with E-state index in [1.54, 1.807) is 0 Å². The van der Waals surface area contributed by atoms with Crippen molar-refractivity contribution in [2.75, 3.05) is 13.1 Å². The van der Waals surface area contributed by atoms with Crippen LogP contribution in [0.3, 0.4) is 0 Å². The van der Waals surface area contributed by atoms with Gasteiger partial charge in [0.1, 0.15) is 0 Å². The Morgan fingerprint density at radius 3 is 2.47 bits per heavy atom. The fourth-order valence-electron chi connectivity index (χ4n) is 1.96. The lowest BCUT2D eigenvalue weighted by atomic mass is 9.95. The predicted molar refractivity (Wildman–Crippen MR) is 62.5 cm³/mol. The van der Waals surface area contributed by atoms with Crippen LogP contribution in [0.1, 0.15) is 46.5 Å². The molecule has 15 heavy (non-hydrogen) atoms. The second-order valence-electron chi connectivity index (χ2n) is 4.95. The molecule has 0 aromatic carbocycles. The van der Waals surface area contributed by atoms with Crippen molar-refractivity contribution in [2.24, 2.45) is 11.7 Å². The molecular weight excluding hydrogens is 188 g/mol. The van der Waals surface area contributed by atoms with Crippen molar-refractivity contribution in [3.63, 3.8) is 0 Å². The molecule has 1 aliphatic rings. The van der Waals surface area contributed by atoms with E-state index in [4.69, 9.17) is 5.73 Å². The van der Waals surface area contributed by atoms with E-state index in [1.807, 2.05) is 18.7 Å². The monoisotopic (exact) mass is 212 g/mol. The summed E-state index contributed by atoms with van der Waals surface area (Å²) in [5.74, 6) is 0.866. The van der Waals surface area contributed by atoms with Gasteiger partial charge in [0.25, 0.3) is 0 Å². The lowest BCUT2D eigenvalue weighted by molar-refractivity contribution is -0.136. The van der Waals surface area contributed by atoms with Crippen LogP contribution in [0.15, 0.2) is 0 Å². The van der Waals surface area contributed by atoms with E-state index < -0.39 is 5.54 Å². The fraction of sp³-hybridized carbons (Fsp3) is 0.917. The summed E-state index contributed by atoms with van der Waals surface area (Å²) in [7, 11) is 0. The Morgan fingerprint density at radius 2 is 2.07 bits per heavy atom. The van der Waals surface area contributed by atoms with Gasteiger partial charge in [-0.05, 0) is 39.0 Å². The van der Waals surface area contributed by atoms with Gasteiger partial charge < -0.3 is 10.6 Å². The van der Waals surface area contributed by atoms with Gasteiger partial charge in [-0.1, -0.05) is 13.3 Å². The van der Waals surface area contributed by atoms with Crippen molar-refractivity contribution in [3.8, 4) is 0 Å². The van der Waals surface area contributed by atoms with Crippen LogP contribution in [0.4, 0.5) is 0 Å². The van der Waals surface area contributed by atoms with Crippen LogP contribution in [-0.2, 0) is 4.79 Å². The molecule has 0 aromatic heterocycles. The number of nitrogens with zero attached hydrogens (tertiary/aromatic N) is 1. The molecule has 3 nitrogen and oxygen atoms in total. The van der Waals surface area contributed by atoms with Gasteiger partial charge in [0.15, 0.2) is 0 Å². The van der Waals surface area contributed by atoms with Crippen LogP contribution >= 0.6 is 0 Å². The zero-order valence-corrected chi connectivity index (χ0v) is 10.3. The van der Waals surface area contributed by atoms with Crippen LogP contribution in [0.5, 0.6) is 0 Å². The normalized spacial score (nSPS) is 19.7. The molecule has 1 amide bonds. The minimum absolute atomic E-state index is 0.124. The SMILES string of the molecule is CCCC(C)(N)C(=O)N(CC)CC1CC1. The Kier molecular flexibility index (Phi) is 4.14. The van der Waals surface area contributed by atoms with Crippen molar-refractivity contribution in [2.45, 2.75) is 52.0 Å². The van der Waals surface area contributed by atoms with Crippen LogP contribution in [0.2, 0.25) is 0 Å². The summed E-state index contributed by atoms with van der Waals surface area (Å²) in [4.78, 5) is 14.1. The summed E-state index contributed by atoms with van der Waals surface area (Å²) in [5, 5.41) is 0. The smallest absolute Gasteiger partial charge is 0.242 e. The molecule has 1 aliphatic carbocycles. The lowest BCUT2D eigenvalue weighted by Gasteiger charge is -2.31. The average molecular weight is 212 g/mol. The van der Waals surface area contributed by atoms with E-state index in [1.165, 1.54) is 12.8 Å². The molecule has 0 aromatic rings. The average Bonchev–Trinajstić information content (AvgIpc) is 2.96. The Labute approximate surface area is 93.0 Å². The molecule has 0 saturated heterocycles. The Bertz CT molecular complexity index is 222. The van der Waals surface area contributed by atoms with E-state index in [2.05, 4.69) is 6.92 Å². The first-order valence-corrected chi connectivity index (χ1v) is 6.09. The highest BCUT2D eigenvalue weighted by Crippen LogP contribution is 2.30. The maximum Gasteiger partial charge on any atom is 0.242 e. The van der Waals surface area contributed by atoms with Crippen molar-refractivity contribution in [1.82, 2.24) is 4.90 Å². The highest BCUT2D eigenvalue weighted by atomic mass is 16.2. The van der Waals surface area contributed by atoms with Crippen molar-refractivity contribution in [1.29, 1.82) is 0 Å². The van der Waals surface area contributed by atoms with Gasteiger partial charge in [-0.15, -0.1) is 0 Å². The molecule has 3 heteroatoms. The fourth-order valence-corrected chi connectivity index (χ4v) is 1.96. The highest BCUT2D eigenvalue weighted by Gasteiger charge is 2.34. The first-order chi connectivity index (χ1) is 7.01. The molecule has 1 rings (SSSR count). The summed E-state index contributed by atoms with van der Waals surface area (Å²) in [6, 6.07) is 0. The number of hydrogen-bond donors (Lipinski definition) is 1. The third-order valence-electron chi connectivity index (χ3n) is 3.10. The van der Waals surface area contributed by atoms with Gasteiger partial charge in [-0.25, -0.2) is 0 Å². The molecule has 88 valence electrons. The molecule has 1 fully saturated rings. The van der Waals surface area contributed by atoms with Crippen LogP contribution in [0, 0.1) is 5.92 Å². The Balaban J connectivity index is 2.53. The molecule has 1 saturated carbocycles. The third-order valence-corrected chi connectivity index (χ3v) is 3.10. The van der Waals surface area contributed by atoms with Gasteiger partial charge in [0.05, 0.1) is 5.54 Å². The largest absolute Gasteiger partial charge is 0.341 e. The number of carbonyl (C=O) groups is 1. The minimum atomic E-state index is -0.667. The molecule has 0 bridgehead atoms. The van der Waals surface area contributed by atoms with E-state index in [0.717, 1.165) is 31.8 Å². The van der Waals surface area contributed by atoms with Gasteiger partial charge in [-0.3, -0.25) is 4.79 Å². The molecule has 0 heterocycles. The number of amides is 1. The molecule has 1 atom stereocenters. The summed E-state index contributed by atoms with van der Waals surface area (Å²) < 4.78 is 0. The van der Waals surface area contributed by atoms with Crippen molar-refractivity contribution < 1.29 is 4.79 Å². The zero-order chi connectivity index (χ0) is 11.5. The van der Waals surface area contributed by atoms with Crippen LogP contribution in [-0.4, -0.2) is 29.4 Å². The second-order valence-corrected chi connectivity index (χ2v) is 4.95. The van der Waals surface area contributed by atoms with E-state index in [0.29, 0.717) is 0 Å². The number of nitrogens with two attached hydrogens (primary N) is 1. The van der Waals surface area contributed by atoms with Gasteiger partial charge in [-0.2, -0.15) is 0 Å². The van der Waals surface area contributed by atoms with Gasteiger partial charge in [0, 0.05) is 13.1 Å². The summed E-state index contributed by atoms with van der Waals surface area (Å²) in [6.45, 7) is 7.64. The van der Waals surface area contributed by atoms with Gasteiger partial charge in [0.2, 0.25) is 5.91 Å².